The van der Waals surface area contributed by atoms with Gasteiger partial charge >= 0.3 is 5.69 Å². The number of aromatic amines is 1. The maximum Gasteiger partial charge on any atom is 0.328 e. The van der Waals surface area contributed by atoms with Gasteiger partial charge in [-0.15, -0.1) is 0 Å². The van der Waals surface area contributed by atoms with Gasteiger partial charge in [0.15, 0.2) is 0 Å². The predicted molar refractivity (Wildman–Crippen MR) is 50.4 cm³/mol. The normalized spacial score (nSPS) is 14.9. The van der Waals surface area contributed by atoms with Crippen LogP contribution < -0.4 is 11.2 Å². The Morgan fingerprint density at radius 1 is 1.33 bits per heavy atom. The number of nitrogens with zero attached hydrogens (tertiary/aromatic N) is 1. The molecule has 7 nitrogen and oxygen atoms in total. The molecule has 0 aliphatic rings. The predicted octanol–water partition coefficient (Wildman–Crippen LogP) is -2.75. The Labute approximate surface area is 84.2 Å². The van der Waals surface area contributed by atoms with E-state index in [1.807, 2.05) is 4.98 Å². The van der Waals surface area contributed by atoms with Crippen LogP contribution in [0.5, 0.6) is 0 Å². The molecule has 0 bridgehead atoms. The number of aliphatic hydroxyl groups excluding tert-OH is 3. The minimum Gasteiger partial charge on any atom is -0.394 e. The quantitative estimate of drug-likeness (QED) is 0.435. The van der Waals surface area contributed by atoms with E-state index in [1.54, 1.807) is 0 Å². The van der Waals surface area contributed by atoms with Gasteiger partial charge in [0.1, 0.15) is 12.2 Å². The van der Waals surface area contributed by atoms with E-state index in [-0.39, 0.29) is 6.54 Å². The summed E-state index contributed by atoms with van der Waals surface area (Å²) in [5, 5.41) is 26.9. The van der Waals surface area contributed by atoms with Gasteiger partial charge < -0.3 is 15.3 Å². The highest BCUT2D eigenvalue weighted by Gasteiger charge is 2.15. The first-order chi connectivity index (χ1) is 7.04. The fraction of sp³-hybridized carbons (Fsp3) is 0.500. The van der Waals surface area contributed by atoms with E-state index in [0.717, 1.165) is 10.6 Å². The fourth-order valence-electron chi connectivity index (χ4n) is 1.03. The van der Waals surface area contributed by atoms with Gasteiger partial charge in [0.25, 0.3) is 5.56 Å². The number of aliphatic hydroxyl groups is 3. The first kappa shape index (κ1) is 11.6. The van der Waals surface area contributed by atoms with E-state index in [9.17, 15) is 14.7 Å². The van der Waals surface area contributed by atoms with Crippen molar-refractivity contribution >= 4 is 0 Å². The van der Waals surface area contributed by atoms with Crippen molar-refractivity contribution < 1.29 is 15.3 Å². The van der Waals surface area contributed by atoms with Crippen LogP contribution >= 0.6 is 0 Å². The molecule has 1 aromatic rings. The fourth-order valence-corrected chi connectivity index (χ4v) is 1.03. The minimum absolute atomic E-state index is 0.197. The summed E-state index contributed by atoms with van der Waals surface area (Å²) in [6.07, 6.45) is -1.38. The molecular formula is C8H12N2O5. The molecule has 0 aliphatic carbocycles. The smallest absolute Gasteiger partial charge is 0.328 e. The van der Waals surface area contributed by atoms with Crippen LogP contribution in [0.25, 0.3) is 0 Å². The topological polar surface area (TPSA) is 116 Å². The Balaban J connectivity index is 2.81. The van der Waals surface area contributed by atoms with Crippen LogP contribution in [-0.2, 0) is 6.54 Å². The maximum atomic E-state index is 11.1. The van der Waals surface area contributed by atoms with Crippen molar-refractivity contribution in [2.75, 3.05) is 6.61 Å². The molecule has 1 rings (SSSR count). The van der Waals surface area contributed by atoms with E-state index in [0.29, 0.717) is 0 Å². The van der Waals surface area contributed by atoms with Gasteiger partial charge in [-0.2, -0.15) is 0 Å². The average Bonchev–Trinajstić information content (AvgIpc) is 2.20. The molecule has 15 heavy (non-hydrogen) atoms. The standard InChI is InChI=1S/C8H12N2O5/c11-4-6(13)5(12)3-10-2-1-7(14)9-8(10)15/h1-2,5-6,11-13H,3-4H2,(H,9,14,15). The largest absolute Gasteiger partial charge is 0.394 e. The van der Waals surface area contributed by atoms with Gasteiger partial charge in [-0.1, -0.05) is 0 Å². The molecule has 0 fully saturated rings. The van der Waals surface area contributed by atoms with Crippen LogP contribution in [0.2, 0.25) is 0 Å². The van der Waals surface area contributed by atoms with Crippen molar-refractivity contribution in [1.29, 1.82) is 0 Å². The lowest BCUT2D eigenvalue weighted by atomic mass is 10.2. The number of hydrogen-bond acceptors (Lipinski definition) is 5. The van der Waals surface area contributed by atoms with Crippen LogP contribution in [0.3, 0.4) is 0 Å². The summed E-state index contributed by atoms with van der Waals surface area (Å²) in [6.45, 7) is -0.795. The average molecular weight is 216 g/mol. The molecule has 1 heterocycles. The lowest BCUT2D eigenvalue weighted by molar-refractivity contribution is -0.0221. The summed E-state index contributed by atoms with van der Waals surface area (Å²) >= 11 is 0. The third kappa shape index (κ3) is 3.01. The zero-order valence-electron chi connectivity index (χ0n) is 7.83. The minimum atomic E-state index is -1.32. The molecule has 84 valence electrons. The highest BCUT2D eigenvalue weighted by atomic mass is 16.4. The molecule has 1 aromatic heterocycles. The van der Waals surface area contributed by atoms with Gasteiger partial charge in [-0.3, -0.25) is 14.3 Å². The second-order valence-corrected chi connectivity index (χ2v) is 3.08. The van der Waals surface area contributed by atoms with Crippen molar-refractivity contribution in [2.24, 2.45) is 0 Å². The van der Waals surface area contributed by atoms with Crippen molar-refractivity contribution in [3.8, 4) is 0 Å². The molecule has 2 unspecified atom stereocenters. The van der Waals surface area contributed by atoms with Crippen molar-refractivity contribution in [3.05, 3.63) is 33.1 Å². The zero-order chi connectivity index (χ0) is 11.4. The van der Waals surface area contributed by atoms with Crippen LogP contribution in [0.4, 0.5) is 0 Å². The zero-order valence-corrected chi connectivity index (χ0v) is 7.83. The lowest BCUT2D eigenvalue weighted by Crippen LogP contribution is -2.38. The second-order valence-electron chi connectivity index (χ2n) is 3.08. The molecule has 0 radical (unpaired) electrons. The van der Waals surface area contributed by atoms with Crippen molar-refractivity contribution in [3.63, 3.8) is 0 Å². The maximum absolute atomic E-state index is 11.1. The molecule has 7 heteroatoms. The number of nitrogens with one attached hydrogen (secondary N) is 1. The van der Waals surface area contributed by atoms with Gasteiger partial charge in [0.05, 0.1) is 13.2 Å². The summed E-state index contributed by atoms with van der Waals surface area (Å²) in [6, 6.07) is 1.12. The van der Waals surface area contributed by atoms with Gasteiger partial charge in [0.2, 0.25) is 0 Å². The summed E-state index contributed by atoms with van der Waals surface area (Å²) in [5.74, 6) is 0. The molecule has 0 saturated heterocycles. The van der Waals surface area contributed by atoms with E-state index in [1.165, 1.54) is 6.20 Å². The molecule has 0 aliphatic heterocycles. The number of hydrogen-bond donors (Lipinski definition) is 4. The van der Waals surface area contributed by atoms with Gasteiger partial charge in [0, 0.05) is 12.3 Å². The Hall–Kier alpha value is -1.44. The van der Waals surface area contributed by atoms with Crippen LogP contribution in [0, 0.1) is 0 Å². The molecule has 4 N–H and O–H groups in total. The first-order valence-electron chi connectivity index (χ1n) is 4.31. The highest BCUT2D eigenvalue weighted by molar-refractivity contribution is 4.83. The molecule has 0 spiro atoms. The van der Waals surface area contributed by atoms with Crippen molar-refractivity contribution in [1.82, 2.24) is 9.55 Å². The monoisotopic (exact) mass is 216 g/mol. The molecule has 0 saturated carbocycles. The van der Waals surface area contributed by atoms with E-state index < -0.39 is 30.1 Å². The van der Waals surface area contributed by atoms with Crippen molar-refractivity contribution in [2.45, 2.75) is 18.8 Å². The van der Waals surface area contributed by atoms with Crippen LogP contribution in [0.15, 0.2) is 21.9 Å². The first-order valence-corrected chi connectivity index (χ1v) is 4.31. The Kier molecular flexibility index (Phi) is 3.78. The Bertz CT molecular complexity index is 424. The third-order valence-electron chi connectivity index (χ3n) is 1.91. The number of aromatic nitrogens is 2. The SMILES string of the molecule is O=c1ccn(CC(O)C(O)CO)c(=O)[nH]1. The molecule has 0 amide bonds. The van der Waals surface area contributed by atoms with Gasteiger partial charge in [-0.25, -0.2) is 4.79 Å². The third-order valence-corrected chi connectivity index (χ3v) is 1.91. The number of H-pyrrole nitrogens is 1. The van der Waals surface area contributed by atoms with Crippen LogP contribution in [0.1, 0.15) is 0 Å². The summed E-state index contributed by atoms with van der Waals surface area (Å²) in [7, 11) is 0. The summed E-state index contributed by atoms with van der Waals surface area (Å²) in [4.78, 5) is 23.8. The summed E-state index contributed by atoms with van der Waals surface area (Å²) < 4.78 is 1.03. The summed E-state index contributed by atoms with van der Waals surface area (Å²) in [5.41, 5.74) is -1.21. The highest BCUT2D eigenvalue weighted by Crippen LogP contribution is 1.94. The Morgan fingerprint density at radius 3 is 2.53 bits per heavy atom. The lowest BCUT2D eigenvalue weighted by Gasteiger charge is -2.16. The van der Waals surface area contributed by atoms with E-state index >= 15 is 0 Å². The van der Waals surface area contributed by atoms with Gasteiger partial charge in [-0.05, 0) is 0 Å². The molecular weight excluding hydrogens is 204 g/mol. The second kappa shape index (κ2) is 4.87. The van der Waals surface area contributed by atoms with Crippen LogP contribution in [-0.4, -0.2) is 43.7 Å². The molecule has 0 aromatic carbocycles. The molecule has 2 atom stereocenters. The number of rotatable bonds is 4. The van der Waals surface area contributed by atoms with E-state index in [2.05, 4.69) is 0 Å². The Morgan fingerprint density at radius 2 is 2.00 bits per heavy atom. The van der Waals surface area contributed by atoms with E-state index in [4.69, 9.17) is 10.2 Å².